The number of aliphatic hydroxyl groups excluding tert-OH is 1. The lowest BCUT2D eigenvalue weighted by Gasteiger charge is -2.16. The molecule has 0 amide bonds. The number of hydrogen-bond acceptors (Lipinski definition) is 4. The van der Waals surface area contributed by atoms with Crippen LogP contribution in [0, 0.1) is 5.92 Å². The maximum atomic E-state index is 9.71. The van der Waals surface area contributed by atoms with Gasteiger partial charge in [0, 0.05) is 24.3 Å². The third-order valence-corrected chi connectivity index (χ3v) is 3.12. The second-order valence-electron chi connectivity index (χ2n) is 4.85. The highest BCUT2D eigenvalue weighted by Crippen LogP contribution is 2.27. The van der Waals surface area contributed by atoms with E-state index < -0.39 is 0 Å². The first-order valence-corrected chi connectivity index (χ1v) is 6.40. The standard InChI is InChI=1S/C14H23NO3/c1-10(9-16)4-3-7-15-11(2)13-6-5-12(17)8-14(13)18/h5-6,8,10-11,15-18H,3-4,7,9H2,1-2H3. The Hall–Kier alpha value is -1.26. The lowest BCUT2D eigenvalue weighted by atomic mass is 10.1. The van der Waals surface area contributed by atoms with Crippen molar-refractivity contribution >= 4 is 0 Å². The van der Waals surface area contributed by atoms with Crippen molar-refractivity contribution in [2.75, 3.05) is 13.2 Å². The number of hydrogen-bond donors (Lipinski definition) is 4. The number of rotatable bonds is 7. The maximum absolute atomic E-state index is 9.71. The van der Waals surface area contributed by atoms with E-state index >= 15 is 0 Å². The van der Waals surface area contributed by atoms with Crippen molar-refractivity contribution in [3.05, 3.63) is 23.8 Å². The van der Waals surface area contributed by atoms with Crippen LogP contribution in [0.15, 0.2) is 18.2 Å². The number of nitrogens with one attached hydrogen (secondary N) is 1. The summed E-state index contributed by atoms with van der Waals surface area (Å²) >= 11 is 0. The van der Waals surface area contributed by atoms with E-state index in [1.54, 1.807) is 12.1 Å². The van der Waals surface area contributed by atoms with Crippen LogP contribution in [0.3, 0.4) is 0 Å². The lowest BCUT2D eigenvalue weighted by molar-refractivity contribution is 0.227. The van der Waals surface area contributed by atoms with Gasteiger partial charge in [0.25, 0.3) is 0 Å². The van der Waals surface area contributed by atoms with Crippen LogP contribution >= 0.6 is 0 Å². The summed E-state index contributed by atoms with van der Waals surface area (Å²) in [5.74, 6) is 0.517. The fraction of sp³-hybridized carbons (Fsp3) is 0.571. The monoisotopic (exact) mass is 253 g/mol. The van der Waals surface area contributed by atoms with Crippen LogP contribution in [0.2, 0.25) is 0 Å². The van der Waals surface area contributed by atoms with Gasteiger partial charge in [-0.25, -0.2) is 0 Å². The van der Waals surface area contributed by atoms with Gasteiger partial charge in [0.1, 0.15) is 11.5 Å². The van der Waals surface area contributed by atoms with E-state index in [9.17, 15) is 10.2 Å². The van der Waals surface area contributed by atoms with Crippen LogP contribution in [0.1, 0.15) is 38.3 Å². The molecule has 0 heterocycles. The Morgan fingerprint density at radius 2 is 1.94 bits per heavy atom. The van der Waals surface area contributed by atoms with Crippen LogP contribution in [0.25, 0.3) is 0 Å². The van der Waals surface area contributed by atoms with Gasteiger partial charge in [0.2, 0.25) is 0 Å². The summed E-state index contributed by atoms with van der Waals surface area (Å²) < 4.78 is 0. The van der Waals surface area contributed by atoms with Gasteiger partial charge in [0.15, 0.2) is 0 Å². The second kappa shape index (κ2) is 7.24. The number of benzene rings is 1. The van der Waals surface area contributed by atoms with E-state index in [1.807, 2.05) is 13.8 Å². The molecule has 2 atom stereocenters. The highest BCUT2D eigenvalue weighted by atomic mass is 16.3. The van der Waals surface area contributed by atoms with Crippen LogP contribution in [0.4, 0.5) is 0 Å². The van der Waals surface area contributed by atoms with Gasteiger partial charge in [-0.15, -0.1) is 0 Å². The van der Waals surface area contributed by atoms with Gasteiger partial charge >= 0.3 is 0 Å². The zero-order valence-corrected chi connectivity index (χ0v) is 11.1. The fourth-order valence-corrected chi connectivity index (χ4v) is 1.87. The van der Waals surface area contributed by atoms with Gasteiger partial charge in [-0.05, 0) is 38.3 Å². The average molecular weight is 253 g/mol. The topological polar surface area (TPSA) is 72.7 Å². The lowest BCUT2D eigenvalue weighted by Crippen LogP contribution is -2.20. The molecular formula is C14H23NO3. The summed E-state index contributed by atoms with van der Waals surface area (Å²) in [6, 6.07) is 4.68. The Morgan fingerprint density at radius 1 is 1.22 bits per heavy atom. The van der Waals surface area contributed by atoms with Crippen LogP contribution < -0.4 is 5.32 Å². The van der Waals surface area contributed by atoms with Crippen molar-refractivity contribution in [1.29, 1.82) is 0 Å². The summed E-state index contributed by atoms with van der Waals surface area (Å²) in [6.07, 6.45) is 1.97. The minimum absolute atomic E-state index is 0.0371. The molecule has 1 rings (SSSR count). The number of phenolic OH excluding ortho intramolecular Hbond substituents is 2. The molecule has 2 unspecified atom stereocenters. The molecule has 1 aromatic rings. The van der Waals surface area contributed by atoms with Crippen molar-refractivity contribution in [1.82, 2.24) is 5.32 Å². The summed E-state index contributed by atoms with van der Waals surface area (Å²) in [5.41, 5.74) is 0.781. The number of aromatic hydroxyl groups is 2. The minimum atomic E-state index is 0.0371. The molecule has 0 bridgehead atoms. The van der Waals surface area contributed by atoms with Gasteiger partial charge in [-0.2, -0.15) is 0 Å². The van der Waals surface area contributed by atoms with Crippen LogP contribution in [-0.4, -0.2) is 28.5 Å². The van der Waals surface area contributed by atoms with Gasteiger partial charge in [-0.1, -0.05) is 13.0 Å². The van der Waals surface area contributed by atoms with E-state index in [0.717, 1.165) is 24.9 Å². The average Bonchev–Trinajstić information content (AvgIpc) is 2.34. The Labute approximate surface area is 108 Å². The van der Waals surface area contributed by atoms with Crippen LogP contribution in [0.5, 0.6) is 11.5 Å². The molecule has 0 spiro atoms. The predicted molar refractivity (Wildman–Crippen MR) is 71.7 cm³/mol. The summed E-state index contributed by atoms with van der Waals surface area (Å²) in [7, 11) is 0. The first-order chi connectivity index (χ1) is 8.54. The molecular weight excluding hydrogens is 230 g/mol. The molecule has 0 radical (unpaired) electrons. The largest absolute Gasteiger partial charge is 0.508 e. The Bertz CT molecular complexity index is 368. The normalized spacial score (nSPS) is 14.4. The molecule has 18 heavy (non-hydrogen) atoms. The van der Waals surface area contributed by atoms with E-state index in [1.165, 1.54) is 6.07 Å². The summed E-state index contributed by atoms with van der Waals surface area (Å²) in [4.78, 5) is 0. The zero-order chi connectivity index (χ0) is 13.5. The molecule has 102 valence electrons. The fourth-order valence-electron chi connectivity index (χ4n) is 1.87. The molecule has 0 aromatic heterocycles. The first kappa shape index (κ1) is 14.8. The van der Waals surface area contributed by atoms with E-state index in [2.05, 4.69) is 5.32 Å². The van der Waals surface area contributed by atoms with Crippen molar-refractivity contribution in [2.24, 2.45) is 5.92 Å². The maximum Gasteiger partial charge on any atom is 0.124 e. The van der Waals surface area contributed by atoms with Gasteiger partial charge in [0.05, 0.1) is 0 Å². The molecule has 0 saturated heterocycles. The first-order valence-electron chi connectivity index (χ1n) is 6.40. The van der Waals surface area contributed by atoms with E-state index in [0.29, 0.717) is 5.92 Å². The molecule has 0 saturated carbocycles. The SMILES string of the molecule is CC(CO)CCCNC(C)c1ccc(O)cc1O. The summed E-state index contributed by atoms with van der Waals surface area (Å²) in [5, 5.41) is 31.2. The smallest absolute Gasteiger partial charge is 0.124 e. The third kappa shape index (κ3) is 4.55. The molecule has 0 aliphatic heterocycles. The number of phenols is 2. The minimum Gasteiger partial charge on any atom is -0.508 e. The van der Waals surface area contributed by atoms with E-state index in [4.69, 9.17) is 5.11 Å². The van der Waals surface area contributed by atoms with Crippen LogP contribution in [-0.2, 0) is 0 Å². The molecule has 1 aromatic carbocycles. The molecule has 0 aliphatic carbocycles. The number of aliphatic hydroxyl groups is 1. The highest BCUT2D eigenvalue weighted by Gasteiger charge is 2.10. The van der Waals surface area contributed by atoms with Crippen molar-refractivity contribution < 1.29 is 15.3 Å². The summed E-state index contributed by atoms with van der Waals surface area (Å²) in [6.45, 7) is 5.07. The Balaban J connectivity index is 2.38. The molecule has 4 heteroatoms. The predicted octanol–water partition coefficient (Wildman–Crippen LogP) is 2.16. The van der Waals surface area contributed by atoms with E-state index in [-0.39, 0.29) is 24.1 Å². The Kier molecular flexibility index (Phi) is 5.95. The van der Waals surface area contributed by atoms with Crippen molar-refractivity contribution in [3.8, 4) is 11.5 Å². The van der Waals surface area contributed by atoms with Gasteiger partial charge in [-0.3, -0.25) is 0 Å². The molecule has 0 fully saturated rings. The molecule has 4 nitrogen and oxygen atoms in total. The van der Waals surface area contributed by atoms with Crippen molar-refractivity contribution in [3.63, 3.8) is 0 Å². The third-order valence-electron chi connectivity index (χ3n) is 3.12. The van der Waals surface area contributed by atoms with Crippen molar-refractivity contribution in [2.45, 2.75) is 32.7 Å². The molecule has 4 N–H and O–H groups in total. The van der Waals surface area contributed by atoms with Gasteiger partial charge < -0.3 is 20.6 Å². The molecule has 0 aliphatic rings. The second-order valence-corrected chi connectivity index (χ2v) is 4.85. The quantitative estimate of drug-likeness (QED) is 0.562. The Morgan fingerprint density at radius 3 is 2.56 bits per heavy atom. The highest BCUT2D eigenvalue weighted by molar-refractivity contribution is 5.40. The zero-order valence-electron chi connectivity index (χ0n) is 11.1.